The van der Waals surface area contributed by atoms with Gasteiger partial charge in [0.2, 0.25) is 0 Å². The Morgan fingerprint density at radius 1 is 1.44 bits per heavy atom. The van der Waals surface area contributed by atoms with Gasteiger partial charge in [0.1, 0.15) is 16.1 Å². The van der Waals surface area contributed by atoms with Gasteiger partial charge in [-0.2, -0.15) is 0 Å². The molecule has 0 unspecified atom stereocenters. The Morgan fingerprint density at radius 2 is 2.25 bits per heavy atom. The summed E-state index contributed by atoms with van der Waals surface area (Å²) in [5, 5.41) is 0.621. The van der Waals surface area contributed by atoms with Gasteiger partial charge in [-0.15, -0.1) is 0 Å². The first-order valence-corrected chi connectivity index (χ1v) is 5.38. The lowest BCUT2D eigenvalue weighted by atomic mass is 10.1. The molecule has 0 saturated carbocycles. The van der Waals surface area contributed by atoms with Crippen LogP contribution >= 0.6 is 23.8 Å². The predicted molar refractivity (Wildman–Crippen MR) is 66.4 cm³/mol. The Kier molecular flexibility index (Phi) is 3.22. The van der Waals surface area contributed by atoms with Crippen LogP contribution in [0.15, 0.2) is 30.6 Å². The Hall–Kier alpha value is -1.39. The van der Waals surface area contributed by atoms with Crippen LogP contribution in [0.1, 0.15) is 0 Å². The number of aromatic amines is 1. The fourth-order valence-corrected chi connectivity index (χ4v) is 1.81. The molecule has 0 aliphatic heterocycles. The number of benzene rings is 1. The molecule has 1 heterocycles. The van der Waals surface area contributed by atoms with Crippen LogP contribution in [-0.2, 0) is 0 Å². The molecule has 0 fully saturated rings. The summed E-state index contributed by atoms with van der Waals surface area (Å²) in [5.74, 6) is 0.697. The fourth-order valence-electron chi connectivity index (χ4n) is 1.41. The average molecular weight is 253 g/mol. The van der Waals surface area contributed by atoms with Crippen LogP contribution in [0.2, 0.25) is 5.02 Å². The molecular weight excluding hydrogens is 244 g/mol. The fraction of sp³-hybridized carbons (Fsp3) is 0.0909. The number of halogens is 1. The molecule has 0 spiro atoms. The minimum absolute atomic E-state index is 0.558. The Bertz CT molecular complexity index is 568. The normalized spacial score (nSPS) is 10.1. The molecule has 0 saturated heterocycles. The summed E-state index contributed by atoms with van der Waals surface area (Å²) < 4.78 is 5.81. The SMILES string of the molecule is COc1ccc(Cl)cc1-c1ncc[nH]c1=S. The molecule has 1 aromatic heterocycles. The Morgan fingerprint density at radius 3 is 2.94 bits per heavy atom. The number of ether oxygens (including phenoxy) is 1. The highest BCUT2D eigenvalue weighted by atomic mass is 35.5. The van der Waals surface area contributed by atoms with Gasteiger partial charge in [-0.1, -0.05) is 23.8 Å². The number of aromatic nitrogens is 2. The summed E-state index contributed by atoms with van der Waals surface area (Å²) in [6, 6.07) is 5.34. The van der Waals surface area contributed by atoms with Gasteiger partial charge in [0.15, 0.2) is 0 Å². The second-order valence-electron chi connectivity index (χ2n) is 3.11. The number of rotatable bonds is 2. The monoisotopic (exact) mass is 252 g/mol. The smallest absolute Gasteiger partial charge is 0.130 e. The van der Waals surface area contributed by atoms with Gasteiger partial charge in [-0.3, -0.25) is 4.98 Å². The van der Waals surface area contributed by atoms with E-state index in [1.165, 1.54) is 0 Å². The zero-order valence-electron chi connectivity index (χ0n) is 8.53. The standard InChI is InChI=1S/C11H9ClN2OS/c1-15-9-3-2-7(12)6-8(9)10-11(16)14-5-4-13-10/h2-6H,1H3,(H,14,16). The summed E-state index contributed by atoms with van der Waals surface area (Å²) in [4.78, 5) is 7.15. The Balaban J connectivity index is 2.68. The maximum Gasteiger partial charge on any atom is 0.130 e. The first kappa shape index (κ1) is 11.1. The van der Waals surface area contributed by atoms with Crippen LogP contribution in [0.25, 0.3) is 11.3 Å². The van der Waals surface area contributed by atoms with Gasteiger partial charge in [-0.25, -0.2) is 0 Å². The summed E-state index contributed by atoms with van der Waals surface area (Å²) in [7, 11) is 1.60. The van der Waals surface area contributed by atoms with E-state index in [-0.39, 0.29) is 0 Å². The van der Waals surface area contributed by atoms with Crippen LogP contribution in [0, 0.1) is 4.64 Å². The Labute approximate surface area is 103 Å². The average Bonchev–Trinajstić information content (AvgIpc) is 2.29. The van der Waals surface area contributed by atoms with Crippen LogP contribution in [0.4, 0.5) is 0 Å². The molecule has 1 N–H and O–H groups in total. The highest BCUT2D eigenvalue weighted by molar-refractivity contribution is 7.71. The summed E-state index contributed by atoms with van der Waals surface area (Å²) in [6.45, 7) is 0. The van der Waals surface area contributed by atoms with Gasteiger partial charge in [-0.05, 0) is 18.2 Å². The van der Waals surface area contributed by atoms with E-state index < -0.39 is 0 Å². The van der Waals surface area contributed by atoms with Crippen molar-refractivity contribution in [2.45, 2.75) is 0 Å². The van der Waals surface area contributed by atoms with Crippen molar-refractivity contribution in [2.75, 3.05) is 7.11 Å². The predicted octanol–water partition coefficient (Wildman–Crippen LogP) is 3.47. The maximum absolute atomic E-state index is 5.95. The van der Waals surface area contributed by atoms with Crippen molar-refractivity contribution in [3.8, 4) is 17.0 Å². The van der Waals surface area contributed by atoms with E-state index in [2.05, 4.69) is 9.97 Å². The maximum atomic E-state index is 5.95. The summed E-state index contributed by atoms with van der Waals surface area (Å²) in [6.07, 6.45) is 3.33. The van der Waals surface area contributed by atoms with Crippen molar-refractivity contribution in [3.63, 3.8) is 0 Å². The van der Waals surface area contributed by atoms with Crippen LogP contribution < -0.4 is 4.74 Å². The molecule has 2 aromatic rings. The third-order valence-corrected chi connectivity index (χ3v) is 2.67. The van der Waals surface area contributed by atoms with Gasteiger partial charge < -0.3 is 9.72 Å². The van der Waals surface area contributed by atoms with Gasteiger partial charge in [0.05, 0.1) is 7.11 Å². The lowest BCUT2D eigenvalue weighted by molar-refractivity contribution is 0.416. The van der Waals surface area contributed by atoms with Crippen molar-refractivity contribution in [3.05, 3.63) is 40.3 Å². The van der Waals surface area contributed by atoms with Crippen LogP contribution in [0.3, 0.4) is 0 Å². The largest absolute Gasteiger partial charge is 0.496 e. The second kappa shape index (κ2) is 4.63. The molecule has 0 aliphatic rings. The highest BCUT2D eigenvalue weighted by Crippen LogP contribution is 2.31. The first-order chi connectivity index (χ1) is 7.72. The molecule has 0 radical (unpaired) electrons. The topological polar surface area (TPSA) is 37.9 Å². The van der Waals surface area contributed by atoms with E-state index in [9.17, 15) is 0 Å². The lowest BCUT2D eigenvalue weighted by Crippen LogP contribution is -1.92. The number of hydrogen-bond donors (Lipinski definition) is 1. The summed E-state index contributed by atoms with van der Waals surface area (Å²) in [5.41, 5.74) is 1.45. The number of H-pyrrole nitrogens is 1. The molecule has 0 atom stereocenters. The lowest BCUT2D eigenvalue weighted by Gasteiger charge is -2.07. The van der Waals surface area contributed by atoms with E-state index in [4.69, 9.17) is 28.6 Å². The highest BCUT2D eigenvalue weighted by Gasteiger charge is 2.09. The van der Waals surface area contributed by atoms with Crippen molar-refractivity contribution < 1.29 is 4.74 Å². The van der Waals surface area contributed by atoms with E-state index in [1.54, 1.807) is 37.7 Å². The van der Waals surface area contributed by atoms with Crippen molar-refractivity contribution in [1.29, 1.82) is 0 Å². The molecular formula is C11H9ClN2OS. The molecule has 0 bridgehead atoms. The van der Waals surface area contributed by atoms with Crippen molar-refractivity contribution in [2.24, 2.45) is 0 Å². The van der Waals surface area contributed by atoms with Gasteiger partial charge >= 0.3 is 0 Å². The number of hydrogen-bond acceptors (Lipinski definition) is 3. The van der Waals surface area contributed by atoms with Gasteiger partial charge in [0.25, 0.3) is 0 Å². The molecule has 5 heteroatoms. The third-order valence-electron chi connectivity index (χ3n) is 2.12. The minimum Gasteiger partial charge on any atom is -0.496 e. The van der Waals surface area contributed by atoms with E-state index in [0.717, 1.165) is 5.56 Å². The quantitative estimate of drug-likeness (QED) is 0.832. The van der Waals surface area contributed by atoms with E-state index in [0.29, 0.717) is 21.1 Å². The minimum atomic E-state index is 0.558. The molecule has 0 aliphatic carbocycles. The van der Waals surface area contributed by atoms with Crippen molar-refractivity contribution >= 4 is 23.8 Å². The molecule has 16 heavy (non-hydrogen) atoms. The molecule has 2 rings (SSSR count). The third kappa shape index (κ3) is 2.08. The van der Waals surface area contributed by atoms with E-state index in [1.807, 2.05) is 0 Å². The van der Waals surface area contributed by atoms with Crippen LogP contribution in [-0.4, -0.2) is 17.1 Å². The zero-order valence-corrected chi connectivity index (χ0v) is 10.1. The number of nitrogens with zero attached hydrogens (tertiary/aromatic N) is 1. The second-order valence-corrected chi connectivity index (χ2v) is 3.96. The first-order valence-electron chi connectivity index (χ1n) is 4.60. The van der Waals surface area contributed by atoms with E-state index >= 15 is 0 Å². The zero-order chi connectivity index (χ0) is 11.5. The molecule has 0 amide bonds. The number of methoxy groups -OCH3 is 1. The molecule has 1 aromatic carbocycles. The van der Waals surface area contributed by atoms with Crippen LogP contribution in [0.5, 0.6) is 5.75 Å². The van der Waals surface area contributed by atoms with Crippen molar-refractivity contribution in [1.82, 2.24) is 9.97 Å². The number of nitrogens with one attached hydrogen (secondary N) is 1. The van der Waals surface area contributed by atoms with Gasteiger partial charge in [0, 0.05) is 23.0 Å². The summed E-state index contributed by atoms with van der Waals surface area (Å²) >= 11 is 11.1. The molecule has 3 nitrogen and oxygen atoms in total. The molecule has 82 valence electrons.